The van der Waals surface area contributed by atoms with Crippen LogP contribution in [0, 0.1) is 0 Å². The summed E-state index contributed by atoms with van der Waals surface area (Å²) >= 11 is 0. The van der Waals surface area contributed by atoms with E-state index in [1.165, 1.54) is 7.11 Å². The van der Waals surface area contributed by atoms with Crippen LogP contribution in [0.15, 0.2) is 0 Å². The molecule has 0 unspecified atom stereocenters. The van der Waals surface area contributed by atoms with Crippen LogP contribution >= 0.6 is 0 Å². The lowest BCUT2D eigenvalue weighted by Crippen LogP contribution is -3.00. The number of methoxy groups -OCH3 is 1. The molecule has 0 aromatic rings. The Hall–Kier alpha value is -1.01. The lowest BCUT2D eigenvalue weighted by molar-refractivity contribution is -0.655. The number of aliphatic carboxylic acids is 1. The van der Waals surface area contributed by atoms with Crippen LogP contribution in [0.25, 0.3) is 0 Å². The van der Waals surface area contributed by atoms with Crippen LogP contribution in [0.1, 0.15) is 58.8 Å². The van der Waals surface area contributed by atoms with Gasteiger partial charge in [-0.2, -0.15) is 0 Å². The predicted molar refractivity (Wildman–Crippen MR) is 83.4 cm³/mol. The molecule has 0 bridgehead atoms. The molecule has 0 aliphatic heterocycles. The summed E-state index contributed by atoms with van der Waals surface area (Å²) in [4.78, 5) is 21.0. The Bertz CT molecular complexity index is 254. The maximum Gasteiger partial charge on any atom is 0.406 e. The first-order valence-corrected chi connectivity index (χ1v) is 8.02. The van der Waals surface area contributed by atoms with Crippen LogP contribution in [0.3, 0.4) is 0 Å². The van der Waals surface area contributed by atoms with Gasteiger partial charge in [0.2, 0.25) is 0 Å². The van der Waals surface area contributed by atoms with E-state index in [1.54, 1.807) is 0 Å². The number of hydrogen-bond acceptors (Lipinski definition) is 3. The fourth-order valence-corrected chi connectivity index (χ4v) is 1.74. The number of carboxylic acid groups (broad SMARTS) is 1. The van der Waals surface area contributed by atoms with Gasteiger partial charge < -0.3 is 32.9 Å². The SMILES string of the molecule is CC.COC(=O)NCCCCC[NH2+]CCCCCC(=O)O.[Cl-]. The number of amides is 1. The first-order chi connectivity index (χ1) is 10.2. The van der Waals surface area contributed by atoms with E-state index in [4.69, 9.17) is 5.11 Å². The predicted octanol–water partition coefficient (Wildman–Crippen LogP) is -1.25. The quantitative estimate of drug-likeness (QED) is 0.387. The first-order valence-electron chi connectivity index (χ1n) is 8.02. The summed E-state index contributed by atoms with van der Waals surface area (Å²) < 4.78 is 4.46. The zero-order valence-corrected chi connectivity index (χ0v) is 15.0. The van der Waals surface area contributed by atoms with Crippen LogP contribution in [0.5, 0.6) is 0 Å². The number of ether oxygens (including phenoxy) is 1. The van der Waals surface area contributed by atoms with E-state index in [-0.39, 0.29) is 24.9 Å². The molecule has 0 aromatic heterocycles. The number of carbonyl (C=O) groups is 2. The maximum atomic E-state index is 10.7. The largest absolute Gasteiger partial charge is 1.00 e. The highest BCUT2D eigenvalue weighted by molar-refractivity contribution is 5.66. The fourth-order valence-electron chi connectivity index (χ4n) is 1.74. The highest BCUT2D eigenvalue weighted by Crippen LogP contribution is 1.97. The first kappa shape index (κ1) is 25.9. The number of nitrogens with two attached hydrogens (primary N) is 1. The third-order valence-corrected chi connectivity index (χ3v) is 2.84. The van der Waals surface area contributed by atoms with Gasteiger partial charge in [-0.3, -0.25) is 4.79 Å². The number of quaternary nitrogens is 1. The van der Waals surface area contributed by atoms with Gasteiger partial charge in [0.05, 0.1) is 20.2 Å². The number of carbonyl (C=O) groups excluding carboxylic acids is 1. The van der Waals surface area contributed by atoms with Gasteiger partial charge in [-0.15, -0.1) is 0 Å². The number of halogens is 1. The molecule has 0 aromatic carbocycles. The molecule has 0 saturated carbocycles. The standard InChI is InChI=1S/C13H26N2O4.C2H6.ClH/c1-19-13(18)15-11-7-3-6-10-14-9-5-2-4-8-12(16)17;1-2;/h14H,2-11H2,1H3,(H,15,18)(H,16,17);1-2H3;1H. The van der Waals surface area contributed by atoms with Gasteiger partial charge in [0.25, 0.3) is 0 Å². The van der Waals surface area contributed by atoms with E-state index in [0.717, 1.165) is 51.6 Å². The summed E-state index contributed by atoms with van der Waals surface area (Å²) in [6.07, 6.45) is 5.98. The minimum absolute atomic E-state index is 0. The van der Waals surface area contributed by atoms with Crippen molar-refractivity contribution in [1.29, 1.82) is 0 Å². The molecule has 22 heavy (non-hydrogen) atoms. The number of alkyl carbamates (subject to hydrolysis) is 1. The van der Waals surface area contributed by atoms with Crippen molar-refractivity contribution in [3.63, 3.8) is 0 Å². The molecule has 6 nitrogen and oxygen atoms in total. The Morgan fingerprint density at radius 3 is 2.05 bits per heavy atom. The molecule has 4 N–H and O–H groups in total. The Labute approximate surface area is 140 Å². The number of carboxylic acids is 1. The molecule has 0 heterocycles. The molecule has 0 spiro atoms. The van der Waals surface area contributed by atoms with E-state index in [9.17, 15) is 9.59 Å². The van der Waals surface area contributed by atoms with Crippen molar-refractivity contribution >= 4 is 12.1 Å². The number of unbranched alkanes of at least 4 members (excludes halogenated alkanes) is 4. The molecular formula is C15H33ClN2O4. The lowest BCUT2D eigenvalue weighted by Gasteiger charge is -2.03. The summed E-state index contributed by atoms with van der Waals surface area (Å²) in [5.74, 6) is -0.704. The van der Waals surface area contributed by atoms with Gasteiger partial charge >= 0.3 is 12.1 Å². The van der Waals surface area contributed by atoms with E-state index < -0.39 is 5.97 Å². The van der Waals surface area contributed by atoms with Crippen LogP contribution in [0.4, 0.5) is 4.79 Å². The number of hydrogen-bond donors (Lipinski definition) is 3. The van der Waals surface area contributed by atoms with E-state index in [0.29, 0.717) is 6.54 Å². The second-order valence-electron chi connectivity index (χ2n) is 4.55. The maximum absolute atomic E-state index is 10.7. The summed E-state index contributed by atoms with van der Waals surface area (Å²) in [6.45, 7) is 6.83. The summed E-state index contributed by atoms with van der Waals surface area (Å²) in [5.41, 5.74) is 0. The fraction of sp³-hybridized carbons (Fsp3) is 0.867. The minimum atomic E-state index is -0.704. The second kappa shape index (κ2) is 22.3. The zero-order valence-electron chi connectivity index (χ0n) is 14.2. The Kier molecular flexibility index (Phi) is 26.2. The van der Waals surface area contributed by atoms with Crippen molar-refractivity contribution in [2.24, 2.45) is 0 Å². The van der Waals surface area contributed by atoms with Gasteiger partial charge in [-0.05, 0) is 38.5 Å². The van der Waals surface area contributed by atoms with E-state index in [2.05, 4.69) is 15.4 Å². The molecule has 0 radical (unpaired) electrons. The van der Waals surface area contributed by atoms with Crippen molar-refractivity contribution in [2.45, 2.75) is 58.8 Å². The lowest BCUT2D eigenvalue weighted by atomic mass is 10.2. The third kappa shape index (κ3) is 24.0. The van der Waals surface area contributed by atoms with Crippen LogP contribution < -0.4 is 23.0 Å². The zero-order chi connectivity index (χ0) is 16.3. The van der Waals surface area contributed by atoms with Crippen molar-refractivity contribution in [3.8, 4) is 0 Å². The molecule has 134 valence electrons. The molecule has 0 saturated heterocycles. The van der Waals surface area contributed by atoms with Gasteiger partial charge in [-0.25, -0.2) is 4.79 Å². The second-order valence-corrected chi connectivity index (χ2v) is 4.55. The van der Waals surface area contributed by atoms with Gasteiger partial charge in [0.1, 0.15) is 0 Å². The van der Waals surface area contributed by atoms with Crippen LogP contribution in [-0.4, -0.2) is 43.9 Å². The van der Waals surface area contributed by atoms with E-state index in [1.807, 2.05) is 13.8 Å². The topological polar surface area (TPSA) is 92.2 Å². The summed E-state index contributed by atoms with van der Waals surface area (Å²) in [7, 11) is 1.36. The van der Waals surface area contributed by atoms with E-state index >= 15 is 0 Å². The molecular weight excluding hydrogens is 308 g/mol. The van der Waals surface area contributed by atoms with Gasteiger partial charge in [0, 0.05) is 13.0 Å². The highest BCUT2D eigenvalue weighted by Gasteiger charge is 1.98. The molecule has 0 fully saturated rings. The average molecular weight is 341 g/mol. The Morgan fingerprint density at radius 2 is 1.55 bits per heavy atom. The van der Waals surface area contributed by atoms with Crippen molar-refractivity contribution in [1.82, 2.24) is 5.32 Å². The molecule has 7 heteroatoms. The Balaban J connectivity index is -0.00000115. The van der Waals surface area contributed by atoms with Crippen LogP contribution in [0.2, 0.25) is 0 Å². The normalized spacial score (nSPS) is 9.05. The molecule has 0 aliphatic carbocycles. The number of nitrogens with one attached hydrogen (secondary N) is 1. The van der Waals surface area contributed by atoms with Crippen molar-refractivity contribution in [3.05, 3.63) is 0 Å². The summed E-state index contributed by atoms with van der Waals surface area (Å²) in [6, 6.07) is 0. The molecule has 0 rings (SSSR count). The van der Waals surface area contributed by atoms with Crippen molar-refractivity contribution < 1.29 is 37.2 Å². The molecule has 0 aliphatic rings. The monoisotopic (exact) mass is 340 g/mol. The summed E-state index contributed by atoms with van der Waals surface area (Å²) in [5, 5.41) is 13.4. The molecule has 1 amide bonds. The minimum Gasteiger partial charge on any atom is -1.00 e. The average Bonchev–Trinajstić information content (AvgIpc) is 2.49. The smallest absolute Gasteiger partial charge is 0.406 e. The van der Waals surface area contributed by atoms with Gasteiger partial charge in [-0.1, -0.05) is 13.8 Å². The third-order valence-electron chi connectivity index (χ3n) is 2.84. The van der Waals surface area contributed by atoms with Crippen LogP contribution in [-0.2, 0) is 9.53 Å². The molecule has 0 atom stereocenters. The Morgan fingerprint density at radius 1 is 1.00 bits per heavy atom. The highest BCUT2D eigenvalue weighted by atomic mass is 35.5. The van der Waals surface area contributed by atoms with Gasteiger partial charge in [0.15, 0.2) is 0 Å². The van der Waals surface area contributed by atoms with Crippen molar-refractivity contribution in [2.75, 3.05) is 26.7 Å². The number of rotatable bonds is 12.